The van der Waals surface area contributed by atoms with E-state index in [2.05, 4.69) is 20.2 Å². The molecule has 1 aromatic carbocycles. The van der Waals surface area contributed by atoms with Crippen LogP contribution in [0.4, 0.5) is 10.2 Å². The minimum atomic E-state index is -0.508. The normalized spacial score (nSPS) is 18.0. The molecule has 3 aromatic rings. The maximum Gasteiger partial charge on any atom is 0.246 e. The number of amides is 1. The smallest absolute Gasteiger partial charge is 0.246 e. The molecular weight excluding hydrogens is 461 g/mol. The van der Waals surface area contributed by atoms with Crippen LogP contribution in [-0.2, 0) is 4.79 Å². The van der Waals surface area contributed by atoms with Gasteiger partial charge < -0.3 is 25.2 Å². The number of benzene rings is 1. The number of carbonyl (C=O) groups excluding carboxylic acids is 1. The first-order chi connectivity index (χ1) is 17.5. The molecule has 0 aliphatic carbocycles. The average Bonchev–Trinajstić information content (AvgIpc) is 3.54. The first-order valence-corrected chi connectivity index (χ1v) is 12.0. The van der Waals surface area contributed by atoms with Gasteiger partial charge in [0.1, 0.15) is 29.9 Å². The number of aliphatic hydroxyl groups excluding tert-OH is 1. The first kappa shape index (κ1) is 23.7. The minimum absolute atomic E-state index is 0.00462. The summed E-state index contributed by atoms with van der Waals surface area (Å²) in [6.45, 7) is 1.51. The zero-order valence-corrected chi connectivity index (χ0v) is 19.7. The summed E-state index contributed by atoms with van der Waals surface area (Å²) in [5.41, 5.74) is 2.39. The predicted octanol–water partition coefficient (Wildman–Crippen LogP) is 2.74. The standard InChI is InChI=1S/C26H28FN7O2/c27-18-5-1-4-17(12-18)22-7-3-11-34(22)23(28)9-10-24-29-13-21(31-24)20-6-2-8-25(32-20)33-14-19(15-33)30-26(36)16-35/h1-2,4-6,8-10,12-13,19,22,28,35H,3,7,11,14-16H2,(H,29,31)(H,30,36)/t22-/m1/s1. The fourth-order valence-corrected chi connectivity index (χ4v) is 4.70. The number of carbonyl (C=O) groups is 1. The van der Waals surface area contributed by atoms with Gasteiger partial charge in [-0.25, -0.2) is 14.4 Å². The third-order valence-corrected chi connectivity index (χ3v) is 6.51. The monoisotopic (exact) mass is 489 g/mol. The quantitative estimate of drug-likeness (QED) is 0.299. The third-order valence-electron chi connectivity index (χ3n) is 6.51. The Kier molecular flexibility index (Phi) is 6.77. The lowest BCUT2D eigenvalue weighted by molar-refractivity contribution is -0.124. The predicted molar refractivity (Wildman–Crippen MR) is 135 cm³/mol. The second-order valence-electron chi connectivity index (χ2n) is 9.02. The lowest BCUT2D eigenvalue weighted by atomic mass is 10.0. The Morgan fingerprint density at radius 1 is 1.28 bits per heavy atom. The number of likely N-dealkylation sites (tertiary alicyclic amines) is 1. The van der Waals surface area contributed by atoms with E-state index < -0.39 is 6.61 Å². The van der Waals surface area contributed by atoms with Crippen LogP contribution in [0.25, 0.3) is 17.5 Å². The van der Waals surface area contributed by atoms with Crippen molar-refractivity contribution in [3.05, 3.63) is 71.9 Å². The molecule has 2 aliphatic rings. The molecule has 4 heterocycles. The van der Waals surface area contributed by atoms with Gasteiger partial charge in [-0.1, -0.05) is 18.2 Å². The van der Waals surface area contributed by atoms with Crippen molar-refractivity contribution in [2.45, 2.75) is 24.9 Å². The van der Waals surface area contributed by atoms with Crippen molar-refractivity contribution in [2.24, 2.45) is 0 Å². The van der Waals surface area contributed by atoms with Crippen LogP contribution in [0.3, 0.4) is 0 Å². The Morgan fingerprint density at radius 2 is 2.11 bits per heavy atom. The van der Waals surface area contributed by atoms with Crippen molar-refractivity contribution in [3.63, 3.8) is 0 Å². The minimum Gasteiger partial charge on any atom is -0.387 e. The number of H-pyrrole nitrogens is 1. The second-order valence-corrected chi connectivity index (χ2v) is 9.02. The lowest BCUT2D eigenvalue weighted by Crippen LogP contribution is -2.60. The Hall–Kier alpha value is -4.05. The molecule has 0 radical (unpaired) electrons. The molecule has 1 amide bonds. The van der Waals surface area contributed by atoms with Gasteiger partial charge >= 0.3 is 0 Å². The molecule has 186 valence electrons. The molecule has 0 saturated carbocycles. The van der Waals surface area contributed by atoms with E-state index in [1.165, 1.54) is 6.07 Å². The molecule has 1 atom stereocenters. The Bertz CT molecular complexity index is 1280. The number of aromatic amines is 1. The molecule has 9 nitrogen and oxygen atoms in total. The molecule has 2 fully saturated rings. The number of rotatable bonds is 7. The molecule has 0 bridgehead atoms. The van der Waals surface area contributed by atoms with Crippen LogP contribution in [0.1, 0.15) is 30.3 Å². The zero-order chi connectivity index (χ0) is 25.1. The van der Waals surface area contributed by atoms with Gasteiger partial charge in [0.15, 0.2) is 0 Å². The number of hydrogen-bond acceptors (Lipinski definition) is 6. The average molecular weight is 490 g/mol. The fourth-order valence-electron chi connectivity index (χ4n) is 4.70. The molecule has 0 unspecified atom stereocenters. The van der Waals surface area contributed by atoms with Crippen LogP contribution in [0.5, 0.6) is 0 Å². The Labute approximate surface area is 208 Å². The summed E-state index contributed by atoms with van der Waals surface area (Å²) in [7, 11) is 0. The number of pyridine rings is 1. The van der Waals surface area contributed by atoms with Gasteiger partial charge in [-0.2, -0.15) is 0 Å². The summed E-state index contributed by atoms with van der Waals surface area (Å²) in [5.74, 6) is 1.14. The Balaban J connectivity index is 1.22. The number of imidazole rings is 1. The first-order valence-electron chi connectivity index (χ1n) is 12.0. The van der Waals surface area contributed by atoms with Crippen molar-refractivity contribution in [1.82, 2.24) is 25.2 Å². The second kappa shape index (κ2) is 10.3. The molecule has 10 heteroatoms. The van der Waals surface area contributed by atoms with Crippen LogP contribution >= 0.6 is 0 Å². The number of aliphatic hydroxyl groups is 1. The highest BCUT2D eigenvalue weighted by Gasteiger charge is 2.29. The van der Waals surface area contributed by atoms with Crippen molar-refractivity contribution in [2.75, 3.05) is 31.1 Å². The highest BCUT2D eigenvalue weighted by atomic mass is 19.1. The van der Waals surface area contributed by atoms with E-state index in [-0.39, 0.29) is 23.8 Å². The molecule has 2 saturated heterocycles. The molecule has 2 aromatic heterocycles. The van der Waals surface area contributed by atoms with E-state index in [0.717, 1.165) is 42.2 Å². The number of nitrogens with one attached hydrogen (secondary N) is 3. The van der Waals surface area contributed by atoms with Gasteiger partial charge in [0, 0.05) is 19.6 Å². The van der Waals surface area contributed by atoms with Gasteiger partial charge in [0.25, 0.3) is 0 Å². The van der Waals surface area contributed by atoms with Crippen LogP contribution in [-0.4, -0.2) is 69.0 Å². The Morgan fingerprint density at radius 3 is 2.92 bits per heavy atom. The number of nitrogens with zero attached hydrogens (tertiary/aromatic N) is 4. The topological polar surface area (TPSA) is 121 Å². The number of halogens is 1. The van der Waals surface area contributed by atoms with Gasteiger partial charge in [-0.05, 0) is 54.8 Å². The highest BCUT2D eigenvalue weighted by Crippen LogP contribution is 2.32. The number of anilines is 1. The number of amidine groups is 1. The maximum absolute atomic E-state index is 13.7. The molecule has 5 rings (SSSR count). The van der Waals surface area contributed by atoms with Crippen LogP contribution in [0.15, 0.2) is 54.7 Å². The van der Waals surface area contributed by atoms with E-state index in [1.807, 2.05) is 29.2 Å². The summed E-state index contributed by atoms with van der Waals surface area (Å²) < 4.78 is 13.7. The summed E-state index contributed by atoms with van der Waals surface area (Å²) in [6.07, 6.45) is 7.03. The summed E-state index contributed by atoms with van der Waals surface area (Å²) in [4.78, 5) is 27.7. The van der Waals surface area contributed by atoms with Gasteiger partial charge in [0.2, 0.25) is 5.91 Å². The maximum atomic E-state index is 13.7. The third kappa shape index (κ3) is 5.13. The number of aromatic nitrogens is 3. The van der Waals surface area contributed by atoms with E-state index in [9.17, 15) is 9.18 Å². The van der Waals surface area contributed by atoms with Crippen LogP contribution in [0.2, 0.25) is 0 Å². The van der Waals surface area contributed by atoms with Gasteiger partial charge in [-0.3, -0.25) is 10.2 Å². The SMILES string of the molecule is N=C(C=Cc1ncc(-c2cccc(N3CC(NC(=O)CO)C3)n2)[nH]1)N1CCC[C@@H]1c1cccc(F)c1. The largest absolute Gasteiger partial charge is 0.387 e. The zero-order valence-electron chi connectivity index (χ0n) is 19.7. The summed E-state index contributed by atoms with van der Waals surface area (Å²) >= 11 is 0. The summed E-state index contributed by atoms with van der Waals surface area (Å²) in [6, 6.07) is 12.3. The van der Waals surface area contributed by atoms with E-state index >= 15 is 0 Å². The van der Waals surface area contributed by atoms with E-state index in [0.29, 0.717) is 24.7 Å². The van der Waals surface area contributed by atoms with Crippen molar-refractivity contribution in [3.8, 4) is 11.4 Å². The number of hydrogen-bond donors (Lipinski definition) is 4. The van der Waals surface area contributed by atoms with E-state index in [4.69, 9.17) is 15.5 Å². The lowest BCUT2D eigenvalue weighted by Gasteiger charge is -2.40. The van der Waals surface area contributed by atoms with Crippen LogP contribution < -0.4 is 10.2 Å². The highest BCUT2D eigenvalue weighted by molar-refractivity contribution is 5.94. The molecular formula is C26H28FN7O2. The molecule has 0 spiro atoms. The van der Waals surface area contributed by atoms with E-state index in [1.54, 1.807) is 30.5 Å². The summed E-state index contributed by atoms with van der Waals surface area (Å²) in [5, 5.41) is 20.2. The molecule has 36 heavy (non-hydrogen) atoms. The van der Waals surface area contributed by atoms with Crippen molar-refractivity contribution in [1.29, 1.82) is 5.41 Å². The van der Waals surface area contributed by atoms with Gasteiger partial charge in [0.05, 0.1) is 29.7 Å². The molecule has 2 aliphatic heterocycles. The molecule has 4 N–H and O–H groups in total. The van der Waals surface area contributed by atoms with Crippen LogP contribution in [0, 0.1) is 11.2 Å². The van der Waals surface area contributed by atoms with Crippen molar-refractivity contribution >= 4 is 23.6 Å². The van der Waals surface area contributed by atoms with Crippen molar-refractivity contribution < 1.29 is 14.3 Å². The fraction of sp³-hybridized carbons (Fsp3) is 0.308. The van der Waals surface area contributed by atoms with Gasteiger partial charge in [-0.15, -0.1) is 0 Å².